The Morgan fingerprint density at radius 3 is 2.56 bits per heavy atom. The van der Waals surface area contributed by atoms with Gasteiger partial charge in [0.25, 0.3) is 0 Å². The van der Waals surface area contributed by atoms with E-state index >= 15 is 0 Å². The van der Waals surface area contributed by atoms with E-state index < -0.39 is 0 Å². The Kier molecular flexibility index (Phi) is 4.80. The van der Waals surface area contributed by atoms with Crippen LogP contribution in [0, 0.1) is 5.92 Å². The van der Waals surface area contributed by atoms with Crippen molar-refractivity contribution in [2.45, 2.75) is 39.0 Å². The highest BCUT2D eigenvalue weighted by molar-refractivity contribution is 5.76. The second kappa shape index (κ2) is 6.58. The molecule has 0 saturated carbocycles. The molecule has 18 heavy (non-hydrogen) atoms. The zero-order valence-corrected chi connectivity index (χ0v) is 11.3. The van der Waals surface area contributed by atoms with Crippen molar-refractivity contribution in [3.63, 3.8) is 0 Å². The van der Waals surface area contributed by atoms with E-state index in [9.17, 15) is 4.79 Å². The Morgan fingerprint density at radius 2 is 1.89 bits per heavy atom. The third kappa shape index (κ3) is 3.86. The Morgan fingerprint density at radius 1 is 1.22 bits per heavy atom. The molecule has 2 heteroatoms. The second-order valence-corrected chi connectivity index (χ2v) is 5.40. The van der Waals surface area contributed by atoms with Crippen molar-refractivity contribution < 1.29 is 4.79 Å². The maximum absolute atomic E-state index is 12.0. The van der Waals surface area contributed by atoms with Gasteiger partial charge in [-0.15, -0.1) is 0 Å². The van der Waals surface area contributed by atoms with Gasteiger partial charge in [0.05, 0.1) is 0 Å². The van der Waals surface area contributed by atoms with Crippen LogP contribution in [0.25, 0.3) is 0 Å². The zero-order chi connectivity index (χ0) is 12.8. The van der Waals surface area contributed by atoms with Gasteiger partial charge in [0.2, 0.25) is 5.91 Å². The molecule has 1 aromatic rings. The molecule has 98 valence electrons. The van der Waals surface area contributed by atoms with E-state index in [0.717, 1.165) is 31.8 Å². The minimum Gasteiger partial charge on any atom is -0.343 e. The van der Waals surface area contributed by atoms with Gasteiger partial charge in [-0.2, -0.15) is 0 Å². The summed E-state index contributed by atoms with van der Waals surface area (Å²) in [6, 6.07) is 10.4. The number of rotatable bonds is 4. The second-order valence-electron chi connectivity index (χ2n) is 5.40. The minimum atomic E-state index is 0.345. The van der Waals surface area contributed by atoms with Crippen LogP contribution in [-0.2, 0) is 11.2 Å². The summed E-state index contributed by atoms with van der Waals surface area (Å²) >= 11 is 0. The van der Waals surface area contributed by atoms with Crippen molar-refractivity contribution in [3.05, 3.63) is 35.9 Å². The van der Waals surface area contributed by atoms with Crippen molar-refractivity contribution >= 4 is 5.91 Å². The molecule has 0 unspecified atom stereocenters. The van der Waals surface area contributed by atoms with E-state index in [1.807, 2.05) is 11.0 Å². The number of piperidine rings is 1. The van der Waals surface area contributed by atoms with Crippen LogP contribution in [0.2, 0.25) is 0 Å². The van der Waals surface area contributed by atoms with E-state index in [-0.39, 0.29) is 0 Å². The number of carbonyl (C=O) groups is 1. The van der Waals surface area contributed by atoms with Crippen molar-refractivity contribution in [3.8, 4) is 0 Å². The predicted octanol–water partition coefficient (Wildman–Crippen LogP) is 3.27. The number of hydrogen-bond acceptors (Lipinski definition) is 1. The van der Waals surface area contributed by atoms with E-state index in [1.165, 1.54) is 18.4 Å². The van der Waals surface area contributed by atoms with E-state index in [1.54, 1.807) is 0 Å². The number of hydrogen-bond donors (Lipinski definition) is 0. The van der Waals surface area contributed by atoms with Gasteiger partial charge in [-0.1, -0.05) is 37.3 Å². The van der Waals surface area contributed by atoms with Crippen LogP contribution in [0.5, 0.6) is 0 Å². The predicted molar refractivity (Wildman–Crippen MR) is 74.4 cm³/mol. The minimum absolute atomic E-state index is 0.345. The summed E-state index contributed by atoms with van der Waals surface area (Å²) in [7, 11) is 0. The first-order valence-corrected chi connectivity index (χ1v) is 7.07. The summed E-state index contributed by atoms with van der Waals surface area (Å²) < 4.78 is 0. The number of nitrogens with zero attached hydrogens (tertiary/aromatic N) is 1. The maximum atomic E-state index is 12.0. The Balaban J connectivity index is 1.69. The lowest BCUT2D eigenvalue weighted by molar-refractivity contribution is -0.132. The van der Waals surface area contributed by atoms with Gasteiger partial charge in [0.15, 0.2) is 0 Å². The number of carbonyl (C=O) groups excluding carboxylic acids is 1. The van der Waals surface area contributed by atoms with Gasteiger partial charge in [-0.25, -0.2) is 0 Å². The summed E-state index contributed by atoms with van der Waals surface area (Å²) in [5, 5.41) is 0. The van der Waals surface area contributed by atoms with Crippen LogP contribution in [0.1, 0.15) is 38.2 Å². The highest BCUT2D eigenvalue weighted by Crippen LogP contribution is 2.17. The molecule has 0 spiro atoms. The third-order valence-electron chi connectivity index (χ3n) is 3.84. The van der Waals surface area contributed by atoms with Crippen molar-refractivity contribution in [1.82, 2.24) is 4.90 Å². The van der Waals surface area contributed by atoms with Gasteiger partial charge >= 0.3 is 0 Å². The third-order valence-corrected chi connectivity index (χ3v) is 3.84. The van der Waals surface area contributed by atoms with Crippen molar-refractivity contribution in [2.75, 3.05) is 13.1 Å². The molecule has 0 N–H and O–H groups in total. The summed E-state index contributed by atoms with van der Waals surface area (Å²) in [5.74, 6) is 1.14. The van der Waals surface area contributed by atoms with Gasteiger partial charge < -0.3 is 4.90 Å². The molecule has 1 saturated heterocycles. The SMILES string of the molecule is CC1CCN(C(=O)CCCc2ccccc2)CC1. The lowest BCUT2D eigenvalue weighted by Crippen LogP contribution is -2.37. The molecule has 1 aromatic carbocycles. The molecule has 1 aliphatic heterocycles. The Bertz CT molecular complexity index is 366. The molecule has 2 rings (SSSR count). The lowest BCUT2D eigenvalue weighted by Gasteiger charge is -2.30. The zero-order valence-electron chi connectivity index (χ0n) is 11.3. The van der Waals surface area contributed by atoms with E-state index in [2.05, 4.69) is 31.2 Å². The lowest BCUT2D eigenvalue weighted by atomic mass is 9.99. The molecular weight excluding hydrogens is 222 g/mol. The average molecular weight is 245 g/mol. The first-order valence-electron chi connectivity index (χ1n) is 7.07. The van der Waals surface area contributed by atoms with Crippen molar-refractivity contribution in [1.29, 1.82) is 0 Å². The molecule has 1 amide bonds. The first-order chi connectivity index (χ1) is 8.75. The number of aryl methyl sites for hydroxylation is 1. The van der Waals surface area contributed by atoms with Crippen LogP contribution < -0.4 is 0 Å². The topological polar surface area (TPSA) is 20.3 Å². The summed E-state index contributed by atoms with van der Waals surface area (Å²) in [5.41, 5.74) is 1.33. The molecule has 0 radical (unpaired) electrons. The maximum Gasteiger partial charge on any atom is 0.222 e. The van der Waals surface area contributed by atoms with Crippen LogP contribution in [-0.4, -0.2) is 23.9 Å². The summed E-state index contributed by atoms with van der Waals surface area (Å²) in [4.78, 5) is 14.1. The Hall–Kier alpha value is -1.31. The molecule has 1 aliphatic rings. The van der Waals surface area contributed by atoms with Crippen LogP contribution >= 0.6 is 0 Å². The monoisotopic (exact) mass is 245 g/mol. The standard InChI is InChI=1S/C16H23NO/c1-14-10-12-17(13-11-14)16(18)9-5-8-15-6-3-2-4-7-15/h2-4,6-7,14H,5,8-13H2,1H3. The van der Waals surface area contributed by atoms with Crippen molar-refractivity contribution in [2.24, 2.45) is 5.92 Å². The molecule has 2 nitrogen and oxygen atoms in total. The highest BCUT2D eigenvalue weighted by atomic mass is 16.2. The molecular formula is C16H23NO. The molecule has 0 bridgehead atoms. The Labute approximate surface area is 110 Å². The average Bonchev–Trinajstić information content (AvgIpc) is 2.40. The fraction of sp³-hybridized carbons (Fsp3) is 0.562. The number of amides is 1. The van der Waals surface area contributed by atoms with E-state index in [0.29, 0.717) is 12.3 Å². The highest BCUT2D eigenvalue weighted by Gasteiger charge is 2.19. The van der Waals surface area contributed by atoms with Crippen LogP contribution in [0.3, 0.4) is 0 Å². The summed E-state index contributed by atoms with van der Waals surface area (Å²) in [6.07, 6.45) is 5.02. The fourth-order valence-corrected chi connectivity index (χ4v) is 2.50. The largest absolute Gasteiger partial charge is 0.343 e. The molecule has 0 atom stereocenters. The van der Waals surface area contributed by atoms with Crippen LogP contribution in [0.15, 0.2) is 30.3 Å². The van der Waals surface area contributed by atoms with Gasteiger partial charge in [0.1, 0.15) is 0 Å². The first kappa shape index (κ1) is 13.1. The smallest absolute Gasteiger partial charge is 0.222 e. The molecule has 1 fully saturated rings. The normalized spacial score (nSPS) is 16.8. The van der Waals surface area contributed by atoms with Gasteiger partial charge in [0, 0.05) is 19.5 Å². The van der Waals surface area contributed by atoms with E-state index in [4.69, 9.17) is 0 Å². The van der Waals surface area contributed by atoms with Gasteiger partial charge in [-0.3, -0.25) is 4.79 Å². The van der Waals surface area contributed by atoms with Gasteiger partial charge in [-0.05, 0) is 37.2 Å². The summed E-state index contributed by atoms with van der Waals surface area (Å²) in [6.45, 7) is 4.20. The fourth-order valence-electron chi connectivity index (χ4n) is 2.50. The number of likely N-dealkylation sites (tertiary alicyclic amines) is 1. The quantitative estimate of drug-likeness (QED) is 0.797. The molecule has 1 heterocycles. The molecule has 0 aromatic heterocycles. The molecule has 0 aliphatic carbocycles. The van der Waals surface area contributed by atoms with Crippen LogP contribution in [0.4, 0.5) is 0 Å². The number of benzene rings is 1.